The SMILES string of the molecule is C=C(C)C(C)c1ccc(/C(C=N)=C/C=C/C(F)(F)F)cc1. The van der Waals surface area contributed by atoms with E-state index in [9.17, 15) is 13.2 Å². The highest BCUT2D eigenvalue weighted by Gasteiger charge is 2.21. The predicted molar refractivity (Wildman–Crippen MR) is 81.6 cm³/mol. The fourth-order valence-electron chi connectivity index (χ4n) is 1.74. The van der Waals surface area contributed by atoms with E-state index in [1.165, 1.54) is 6.08 Å². The third-order valence-electron chi connectivity index (χ3n) is 3.20. The fraction of sp³-hybridized carbons (Fsp3) is 0.235. The van der Waals surface area contributed by atoms with Crippen LogP contribution >= 0.6 is 0 Å². The molecule has 1 N–H and O–H groups in total. The van der Waals surface area contributed by atoms with Gasteiger partial charge in [0.25, 0.3) is 0 Å². The van der Waals surface area contributed by atoms with Crippen LogP contribution in [0.2, 0.25) is 0 Å². The molecule has 0 saturated heterocycles. The Bertz CT molecular complexity index is 563. The van der Waals surface area contributed by atoms with Gasteiger partial charge in [0.2, 0.25) is 0 Å². The Morgan fingerprint density at radius 1 is 1.24 bits per heavy atom. The van der Waals surface area contributed by atoms with E-state index in [4.69, 9.17) is 5.41 Å². The first-order valence-electron chi connectivity index (χ1n) is 6.47. The smallest absolute Gasteiger partial charge is 0.308 e. The number of benzene rings is 1. The molecule has 1 nitrogen and oxygen atoms in total. The van der Waals surface area contributed by atoms with E-state index in [-0.39, 0.29) is 12.0 Å². The molecule has 0 amide bonds. The van der Waals surface area contributed by atoms with Gasteiger partial charge in [-0.05, 0) is 23.6 Å². The Kier molecular flexibility index (Phi) is 5.70. The van der Waals surface area contributed by atoms with Crippen molar-refractivity contribution in [3.05, 3.63) is 65.8 Å². The zero-order valence-electron chi connectivity index (χ0n) is 12.0. The van der Waals surface area contributed by atoms with Crippen molar-refractivity contribution in [1.82, 2.24) is 0 Å². The van der Waals surface area contributed by atoms with Gasteiger partial charge in [0, 0.05) is 18.2 Å². The quantitative estimate of drug-likeness (QED) is 0.420. The van der Waals surface area contributed by atoms with Gasteiger partial charge in [-0.3, -0.25) is 0 Å². The maximum absolute atomic E-state index is 12.0. The Balaban J connectivity index is 2.98. The van der Waals surface area contributed by atoms with Gasteiger partial charge in [-0.1, -0.05) is 55.5 Å². The molecule has 0 fully saturated rings. The minimum Gasteiger partial charge on any atom is -0.308 e. The summed E-state index contributed by atoms with van der Waals surface area (Å²) < 4.78 is 36.1. The van der Waals surface area contributed by atoms with Gasteiger partial charge in [0.1, 0.15) is 0 Å². The van der Waals surface area contributed by atoms with Crippen molar-refractivity contribution >= 4 is 11.8 Å². The van der Waals surface area contributed by atoms with Crippen LogP contribution in [0.1, 0.15) is 30.9 Å². The van der Waals surface area contributed by atoms with E-state index in [1.807, 2.05) is 26.0 Å². The lowest BCUT2D eigenvalue weighted by Crippen LogP contribution is -2.00. The molecule has 0 bridgehead atoms. The molecule has 0 radical (unpaired) electrons. The van der Waals surface area contributed by atoms with Crippen LogP contribution in [-0.2, 0) is 0 Å². The van der Waals surface area contributed by atoms with Crippen molar-refractivity contribution in [2.45, 2.75) is 25.9 Å². The first-order chi connectivity index (χ1) is 9.74. The highest BCUT2D eigenvalue weighted by atomic mass is 19.4. The molecular formula is C17H18F3N. The van der Waals surface area contributed by atoms with Crippen LogP contribution in [0.5, 0.6) is 0 Å². The third-order valence-corrected chi connectivity index (χ3v) is 3.20. The normalized spacial score (nSPS) is 14.2. The van der Waals surface area contributed by atoms with E-state index >= 15 is 0 Å². The average Bonchev–Trinajstić information content (AvgIpc) is 2.42. The second-order valence-corrected chi connectivity index (χ2v) is 4.86. The Morgan fingerprint density at radius 3 is 2.24 bits per heavy atom. The molecule has 0 aromatic heterocycles. The summed E-state index contributed by atoms with van der Waals surface area (Å²) in [6, 6.07) is 7.40. The molecule has 0 aliphatic rings. The third kappa shape index (κ3) is 5.42. The Morgan fingerprint density at radius 2 is 1.81 bits per heavy atom. The number of nitrogens with one attached hydrogen (secondary N) is 1. The fourth-order valence-corrected chi connectivity index (χ4v) is 1.74. The zero-order chi connectivity index (χ0) is 16.0. The number of halogens is 3. The summed E-state index contributed by atoms with van der Waals surface area (Å²) in [5.74, 6) is 0.219. The highest BCUT2D eigenvalue weighted by Crippen LogP contribution is 2.24. The molecule has 1 rings (SSSR count). The molecule has 4 heteroatoms. The molecule has 1 aromatic rings. The van der Waals surface area contributed by atoms with E-state index < -0.39 is 6.18 Å². The number of hydrogen-bond acceptors (Lipinski definition) is 1. The number of alkyl halides is 3. The standard InChI is InChI=1S/C17H18F3N/c1-12(2)13(3)14-6-8-15(9-7-14)16(11-21)5-4-10-17(18,19)20/h4-11,13,21H,1H2,2-3H3/b10-4+,16-5+,21-11?. The minimum absolute atomic E-state index is 0.147. The summed E-state index contributed by atoms with van der Waals surface area (Å²) in [4.78, 5) is 0. The molecule has 1 aromatic carbocycles. The van der Waals surface area contributed by atoms with Gasteiger partial charge in [0.15, 0.2) is 0 Å². The van der Waals surface area contributed by atoms with Crippen LogP contribution in [0.25, 0.3) is 5.57 Å². The molecule has 112 valence electrons. The zero-order valence-corrected chi connectivity index (χ0v) is 12.0. The number of allylic oxidation sites excluding steroid dienone is 5. The van der Waals surface area contributed by atoms with Crippen molar-refractivity contribution in [3.8, 4) is 0 Å². The topological polar surface area (TPSA) is 23.9 Å². The molecule has 1 unspecified atom stereocenters. The van der Waals surface area contributed by atoms with E-state index in [2.05, 4.69) is 6.58 Å². The van der Waals surface area contributed by atoms with Gasteiger partial charge >= 0.3 is 6.18 Å². The molecule has 21 heavy (non-hydrogen) atoms. The molecule has 0 heterocycles. The summed E-state index contributed by atoms with van der Waals surface area (Å²) in [6.45, 7) is 7.89. The van der Waals surface area contributed by atoms with Crippen molar-refractivity contribution < 1.29 is 13.2 Å². The molecule has 0 spiro atoms. The highest BCUT2D eigenvalue weighted by molar-refractivity contribution is 6.08. The lowest BCUT2D eigenvalue weighted by Gasteiger charge is -2.12. The lowest BCUT2D eigenvalue weighted by atomic mass is 9.93. The molecule has 0 saturated carbocycles. The first kappa shape index (κ1) is 17.0. The minimum atomic E-state index is -4.34. The van der Waals surface area contributed by atoms with E-state index in [1.54, 1.807) is 12.1 Å². The predicted octanol–water partition coefficient (Wildman–Crippen LogP) is 5.52. The molecule has 0 aliphatic carbocycles. The molecule has 1 atom stereocenters. The van der Waals surface area contributed by atoms with Gasteiger partial charge in [-0.2, -0.15) is 13.2 Å². The summed E-state index contributed by atoms with van der Waals surface area (Å²) in [5.41, 5.74) is 3.25. The Labute approximate surface area is 123 Å². The number of hydrogen-bond donors (Lipinski definition) is 1. The van der Waals surface area contributed by atoms with E-state index in [0.717, 1.165) is 23.4 Å². The average molecular weight is 293 g/mol. The van der Waals surface area contributed by atoms with Gasteiger partial charge in [-0.15, -0.1) is 0 Å². The van der Waals surface area contributed by atoms with Crippen molar-refractivity contribution in [2.24, 2.45) is 0 Å². The van der Waals surface area contributed by atoms with Gasteiger partial charge in [0.05, 0.1) is 0 Å². The van der Waals surface area contributed by atoms with Gasteiger partial charge in [-0.25, -0.2) is 0 Å². The second kappa shape index (κ2) is 7.07. The summed E-state index contributed by atoms with van der Waals surface area (Å²) in [6.07, 6.45) is -0.973. The van der Waals surface area contributed by atoms with Crippen LogP contribution in [0.15, 0.2) is 54.6 Å². The van der Waals surface area contributed by atoms with Crippen LogP contribution < -0.4 is 0 Å². The van der Waals surface area contributed by atoms with Crippen molar-refractivity contribution in [2.75, 3.05) is 0 Å². The summed E-state index contributed by atoms with van der Waals surface area (Å²) in [7, 11) is 0. The van der Waals surface area contributed by atoms with Crippen molar-refractivity contribution in [3.63, 3.8) is 0 Å². The lowest BCUT2D eigenvalue weighted by molar-refractivity contribution is -0.0798. The maximum Gasteiger partial charge on any atom is 0.409 e. The summed E-state index contributed by atoms with van der Waals surface area (Å²) in [5, 5.41) is 7.32. The van der Waals surface area contributed by atoms with Crippen LogP contribution in [-0.4, -0.2) is 12.4 Å². The second-order valence-electron chi connectivity index (χ2n) is 4.86. The first-order valence-corrected chi connectivity index (χ1v) is 6.47. The monoisotopic (exact) mass is 293 g/mol. The van der Waals surface area contributed by atoms with Gasteiger partial charge < -0.3 is 5.41 Å². The maximum atomic E-state index is 12.0. The number of rotatable bonds is 5. The molecule has 0 aliphatic heterocycles. The van der Waals surface area contributed by atoms with Crippen LogP contribution in [0.4, 0.5) is 13.2 Å². The van der Waals surface area contributed by atoms with Crippen molar-refractivity contribution in [1.29, 1.82) is 5.41 Å². The van der Waals surface area contributed by atoms with Crippen LogP contribution in [0, 0.1) is 5.41 Å². The van der Waals surface area contributed by atoms with Crippen LogP contribution in [0.3, 0.4) is 0 Å². The summed E-state index contributed by atoms with van der Waals surface area (Å²) >= 11 is 0. The molecular weight excluding hydrogens is 275 g/mol. The largest absolute Gasteiger partial charge is 0.409 e. The Hall–Kier alpha value is -2.10. The van der Waals surface area contributed by atoms with E-state index in [0.29, 0.717) is 11.1 Å².